The average Bonchev–Trinajstić information content (AvgIpc) is 3.30. The summed E-state index contributed by atoms with van der Waals surface area (Å²) in [7, 11) is 0. The van der Waals surface area contributed by atoms with E-state index in [2.05, 4.69) is 5.32 Å². The van der Waals surface area contributed by atoms with Crippen LogP contribution in [0.1, 0.15) is 28.8 Å². The molecule has 0 bridgehead atoms. The van der Waals surface area contributed by atoms with Crippen molar-refractivity contribution in [2.45, 2.75) is 19.8 Å². The summed E-state index contributed by atoms with van der Waals surface area (Å²) in [5, 5.41) is 2.99. The van der Waals surface area contributed by atoms with Gasteiger partial charge in [0.15, 0.2) is 5.75 Å². The van der Waals surface area contributed by atoms with Crippen LogP contribution in [0.4, 0.5) is 5.69 Å². The molecule has 2 aromatic carbocycles. The van der Waals surface area contributed by atoms with Gasteiger partial charge in [-0.2, -0.15) is 0 Å². The van der Waals surface area contributed by atoms with Crippen molar-refractivity contribution in [3.63, 3.8) is 0 Å². The SMILES string of the molecule is Cc1cccc(Oc2ccccc2NC(=O)[C@H]2CCCN(C(=O)c3ccoc3)C2)c1. The first-order chi connectivity index (χ1) is 14.6. The second-order valence-corrected chi connectivity index (χ2v) is 7.51. The van der Waals surface area contributed by atoms with Gasteiger partial charge in [-0.05, 0) is 55.7 Å². The highest BCUT2D eigenvalue weighted by atomic mass is 16.5. The Morgan fingerprint density at radius 2 is 2.00 bits per heavy atom. The molecule has 154 valence electrons. The zero-order chi connectivity index (χ0) is 20.9. The molecular formula is C24H24N2O4. The number of piperidine rings is 1. The van der Waals surface area contributed by atoms with Crippen molar-refractivity contribution in [3.8, 4) is 11.5 Å². The van der Waals surface area contributed by atoms with E-state index in [0.29, 0.717) is 35.8 Å². The highest BCUT2D eigenvalue weighted by Gasteiger charge is 2.29. The molecule has 6 nitrogen and oxygen atoms in total. The number of carbonyl (C=O) groups is 2. The topological polar surface area (TPSA) is 71.8 Å². The Hall–Kier alpha value is -3.54. The smallest absolute Gasteiger partial charge is 0.257 e. The van der Waals surface area contributed by atoms with Gasteiger partial charge in [0, 0.05) is 13.1 Å². The Labute approximate surface area is 175 Å². The molecule has 1 aromatic heterocycles. The molecule has 1 N–H and O–H groups in total. The van der Waals surface area contributed by atoms with E-state index in [0.717, 1.165) is 18.4 Å². The Morgan fingerprint density at radius 3 is 2.80 bits per heavy atom. The number of furan rings is 1. The summed E-state index contributed by atoms with van der Waals surface area (Å²) in [5.74, 6) is 0.802. The number of carbonyl (C=O) groups excluding carboxylic acids is 2. The standard InChI is InChI=1S/C24H24N2O4/c1-17-6-4-8-20(14-17)30-22-10-3-2-9-21(22)25-23(27)18-7-5-12-26(15-18)24(28)19-11-13-29-16-19/h2-4,6,8-11,13-14,16,18H,5,7,12,15H2,1H3,(H,25,27)/t18-/m0/s1. The van der Waals surface area contributed by atoms with E-state index in [9.17, 15) is 9.59 Å². The van der Waals surface area contributed by atoms with Crippen LogP contribution in [0.5, 0.6) is 11.5 Å². The predicted molar refractivity (Wildman–Crippen MR) is 114 cm³/mol. The Morgan fingerprint density at radius 1 is 1.13 bits per heavy atom. The molecular weight excluding hydrogens is 380 g/mol. The fraction of sp³-hybridized carbons (Fsp3) is 0.250. The molecule has 1 fully saturated rings. The number of rotatable bonds is 5. The molecule has 1 aliphatic heterocycles. The fourth-order valence-corrected chi connectivity index (χ4v) is 3.64. The van der Waals surface area contributed by atoms with Gasteiger partial charge in [-0.25, -0.2) is 0 Å². The van der Waals surface area contributed by atoms with Crippen LogP contribution < -0.4 is 10.1 Å². The minimum atomic E-state index is -0.276. The molecule has 0 spiro atoms. The number of benzene rings is 2. The van der Waals surface area contributed by atoms with Gasteiger partial charge in [-0.1, -0.05) is 24.3 Å². The number of hydrogen-bond donors (Lipinski definition) is 1. The van der Waals surface area contributed by atoms with Crippen molar-refractivity contribution in [1.29, 1.82) is 0 Å². The molecule has 6 heteroatoms. The summed E-state index contributed by atoms with van der Waals surface area (Å²) < 4.78 is 11.0. The van der Waals surface area contributed by atoms with Crippen LogP contribution in [0, 0.1) is 12.8 Å². The Kier molecular flexibility index (Phi) is 5.84. The van der Waals surface area contributed by atoms with E-state index in [1.807, 2.05) is 55.5 Å². The molecule has 1 saturated heterocycles. The largest absolute Gasteiger partial charge is 0.472 e. The van der Waals surface area contributed by atoms with Gasteiger partial charge in [0.25, 0.3) is 5.91 Å². The van der Waals surface area contributed by atoms with Crippen molar-refractivity contribution in [2.75, 3.05) is 18.4 Å². The number of likely N-dealkylation sites (tertiary alicyclic amines) is 1. The second-order valence-electron chi connectivity index (χ2n) is 7.51. The number of nitrogens with one attached hydrogen (secondary N) is 1. The third-order valence-electron chi connectivity index (χ3n) is 5.21. The maximum atomic E-state index is 13.0. The molecule has 0 saturated carbocycles. The lowest BCUT2D eigenvalue weighted by molar-refractivity contribution is -0.121. The van der Waals surface area contributed by atoms with Gasteiger partial charge in [0.05, 0.1) is 23.4 Å². The van der Waals surface area contributed by atoms with Gasteiger partial charge in [-0.15, -0.1) is 0 Å². The number of ether oxygens (including phenoxy) is 1. The van der Waals surface area contributed by atoms with Gasteiger partial charge < -0.3 is 19.4 Å². The zero-order valence-corrected chi connectivity index (χ0v) is 16.8. The summed E-state index contributed by atoms with van der Waals surface area (Å²) in [4.78, 5) is 27.3. The molecule has 3 aromatic rings. The van der Waals surface area contributed by atoms with E-state index in [1.54, 1.807) is 11.0 Å². The quantitative estimate of drug-likeness (QED) is 0.658. The third kappa shape index (κ3) is 4.54. The second kappa shape index (κ2) is 8.86. The molecule has 4 rings (SSSR count). The van der Waals surface area contributed by atoms with Crippen LogP contribution in [0.15, 0.2) is 71.5 Å². The van der Waals surface area contributed by atoms with E-state index >= 15 is 0 Å². The molecule has 0 radical (unpaired) electrons. The third-order valence-corrected chi connectivity index (χ3v) is 5.21. The van der Waals surface area contributed by atoms with Gasteiger partial charge in [-0.3, -0.25) is 9.59 Å². The average molecular weight is 404 g/mol. The van der Waals surface area contributed by atoms with E-state index in [-0.39, 0.29) is 17.7 Å². The first kappa shape index (κ1) is 19.8. The summed E-state index contributed by atoms with van der Waals surface area (Å²) in [5.41, 5.74) is 2.22. The normalized spacial score (nSPS) is 16.2. The van der Waals surface area contributed by atoms with Crippen molar-refractivity contribution < 1.29 is 18.7 Å². The number of anilines is 1. The first-order valence-electron chi connectivity index (χ1n) is 10.1. The summed E-state index contributed by atoms with van der Waals surface area (Å²) in [6, 6.07) is 16.8. The molecule has 1 aliphatic rings. The molecule has 30 heavy (non-hydrogen) atoms. The number of para-hydroxylation sites is 2. The van der Waals surface area contributed by atoms with Crippen molar-refractivity contribution in [1.82, 2.24) is 4.90 Å². The molecule has 0 aliphatic carbocycles. The maximum absolute atomic E-state index is 13.0. The lowest BCUT2D eigenvalue weighted by atomic mass is 9.96. The highest BCUT2D eigenvalue weighted by Crippen LogP contribution is 2.30. The van der Waals surface area contributed by atoms with Gasteiger partial charge in [0.2, 0.25) is 5.91 Å². The number of nitrogens with zero attached hydrogens (tertiary/aromatic N) is 1. The summed E-state index contributed by atoms with van der Waals surface area (Å²) >= 11 is 0. The summed E-state index contributed by atoms with van der Waals surface area (Å²) in [6.07, 6.45) is 4.43. The maximum Gasteiger partial charge on any atom is 0.257 e. The zero-order valence-electron chi connectivity index (χ0n) is 16.8. The van der Waals surface area contributed by atoms with Crippen LogP contribution >= 0.6 is 0 Å². The Bertz CT molecular complexity index is 1030. The van der Waals surface area contributed by atoms with Crippen molar-refractivity contribution in [2.24, 2.45) is 5.92 Å². The molecule has 2 amide bonds. The van der Waals surface area contributed by atoms with Crippen LogP contribution in [0.2, 0.25) is 0 Å². The fourth-order valence-electron chi connectivity index (χ4n) is 3.64. The predicted octanol–water partition coefficient (Wildman–Crippen LogP) is 4.87. The summed E-state index contributed by atoms with van der Waals surface area (Å²) in [6.45, 7) is 3.03. The van der Waals surface area contributed by atoms with Gasteiger partial charge >= 0.3 is 0 Å². The van der Waals surface area contributed by atoms with Crippen LogP contribution in [0.25, 0.3) is 0 Å². The monoisotopic (exact) mass is 404 g/mol. The van der Waals surface area contributed by atoms with E-state index in [4.69, 9.17) is 9.15 Å². The van der Waals surface area contributed by atoms with Crippen LogP contribution in [0.3, 0.4) is 0 Å². The minimum Gasteiger partial charge on any atom is -0.472 e. The van der Waals surface area contributed by atoms with E-state index in [1.165, 1.54) is 12.5 Å². The molecule has 1 atom stereocenters. The van der Waals surface area contributed by atoms with Crippen molar-refractivity contribution in [3.05, 3.63) is 78.3 Å². The lowest BCUT2D eigenvalue weighted by Crippen LogP contribution is -2.43. The number of hydrogen-bond acceptors (Lipinski definition) is 4. The number of aryl methyl sites for hydroxylation is 1. The van der Waals surface area contributed by atoms with Crippen LogP contribution in [-0.2, 0) is 4.79 Å². The van der Waals surface area contributed by atoms with Gasteiger partial charge in [0.1, 0.15) is 12.0 Å². The van der Waals surface area contributed by atoms with Crippen LogP contribution in [-0.4, -0.2) is 29.8 Å². The van der Waals surface area contributed by atoms with Crippen molar-refractivity contribution >= 4 is 17.5 Å². The molecule has 2 heterocycles. The minimum absolute atomic E-state index is 0.107. The van der Waals surface area contributed by atoms with E-state index < -0.39 is 0 Å². The first-order valence-corrected chi connectivity index (χ1v) is 10.1. The Balaban J connectivity index is 1.44. The lowest BCUT2D eigenvalue weighted by Gasteiger charge is -2.31. The molecule has 0 unspecified atom stereocenters. The number of amides is 2. The highest BCUT2D eigenvalue weighted by molar-refractivity contribution is 5.96.